The number of rotatable bonds is 6. The Labute approximate surface area is 157 Å². The molecule has 0 saturated heterocycles. The first-order valence-corrected chi connectivity index (χ1v) is 10.0. The van der Waals surface area contributed by atoms with E-state index in [4.69, 9.17) is 4.74 Å². The van der Waals surface area contributed by atoms with Crippen molar-refractivity contribution in [3.8, 4) is 5.75 Å². The molecule has 0 saturated carbocycles. The van der Waals surface area contributed by atoms with Gasteiger partial charge >= 0.3 is 5.97 Å². The number of aromatic hydroxyl groups is 1. The number of nitrogens with zero attached hydrogens (tertiary/aromatic N) is 1. The number of hydrogen-bond acceptors (Lipinski definition) is 6. The Hall–Kier alpha value is -2.93. The van der Waals surface area contributed by atoms with Gasteiger partial charge in [0.05, 0.1) is 11.5 Å². The van der Waals surface area contributed by atoms with Crippen molar-refractivity contribution in [2.45, 2.75) is 29.7 Å². The van der Waals surface area contributed by atoms with Gasteiger partial charge in [-0.15, -0.1) is 0 Å². The highest BCUT2D eigenvalue weighted by molar-refractivity contribution is 7.91. The van der Waals surface area contributed by atoms with E-state index in [9.17, 15) is 18.3 Å². The third kappa shape index (κ3) is 3.64. The molecular formula is C20H19NO5S. The summed E-state index contributed by atoms with van der Waals surface area (Å²) in [5.74, 6) is -1.24. The van der Waals surface area contributed by atoms with E-state index in [2.05, 4.69) is 4.98 Å². The summed E-state index contributed by atoms with van der Waals surface area (Å²) in [6.45, 7) is 2.12. The molecule has 0 fully saturated rings. The molecule has 0 atom stereocenters. The predicted molar refractivity (Wildman–Crippen MR) is 100 cm³/mol. The molecule has 0 spiro atoms. The van der Waals surface area contributed by atoms with Crippen LogP contribution in [-0.4, -0.2) is 31.1 Å². The Morgan fingerprint density at radius 1 is 1.04 bits per heavy atom. The molecule has 0 bridgehead atoms. The van der Waals surface area contributed by atoms with Gasteiger partial charge < -0.3 is 9.84 Å². The number of sulfone groups is 1. The van der Waals surface area contributed by atoms with E-state index in [0.29, 0.717) is 6.42 Å². The topological polar surface area (TPSA) is 93.6 Å². The molecule has 3 rings (SSSR count). The number of aromatic nitrogens is 1. The molecule has 6 nitrogen and oxygen atoms in total. The number of hydrogen-bond donors (Lipinski definition) is 1. The van der Waals surface area contributed by atoms with Crippen molar-refractivity contribution in [3.05, 3.63) is 60.3 Å². The van der Waals surface area contributed by atoms with Gasteiger partial charge in [-0.2, -0.15) is 0 Å². The third-order valence-electron chi connectivity index (χ3n) is 4.08. The fourth-order valence-electron chi connectivity index (χ4n) is 2.65. The zero-order valence-electron chi connectivity index (χ0n) is 14.8. The Morgan fingerprint density at radius 3 is 2.33 bits per heavy atom. The molecule has 1 aromatic heterocycles. The highest BCUT2D eigenvalue weighted by Crippen LogP contribution is 2.34. The zero-order chi connectivity index (χ0) is 19.4. The van der Waals surface area contributed by atoms with Crippen LogP contribution in [0.25, 0.3) is 10.8 Å². The lowest BCUT2D eigenvalue weighted by atomic mass is 10.1. The molecule has 3 aromatic rings. The Morgan fingerprint density at radius 2 is 1.67 bits per heavy atom. The van der Waals surface area contributed by atoms with Gasteiger partial charge in [-0.1, -0.05) is 55.8 Å². The molecule has 0 radical (unpaired) electrons. The molecule has 140 valence electrons. The summed E-state index contributed by atoms with van der Waals surface area (Å²) in [6, 6.07) is 14.2. The van der Waals surface area contributed by atoms with Crippen LogP contribution in [0.1, 0.15) is 30.3 Å². The smallest absolute Gasteiger partial charge is 0.360 e. The monoisotopic (exact) mass is 385 g/mol. The van der Waals surface area contributed by atoms with Crippen LogP contribution in [0.5, 0.6) is 5.75 Å². The zero-order valence-corrected chi connectivity index (χ0v) is 15.6. The second-order valence-corrected chi connectivity index (χ2v) is 7.83. The van der Waals surface area contributed by atoms with Crippen molar-refractivity contribution in [1.29, 1.82) is 0 Å². The molecule has 0 unspecified atom stereocenters. The average molecular weight is 385 g/mol. The van der Waals surface area contributed by atoms with Gasteiger partial charge in [0.25, 0.3) is 0 Å². The van der Waals surface area contributed by atoms with Crippen LogP contribution in [0.4, 0.5) is 0 Å². The van der Waals surface area contributed by atoms with Crippen molar-refractivity contribution in [2.75, 3.05) is 6.61 Å². The summed E-state index contributed by atoms with van der Waals surface area (Å²) in [5, 5.41) is 10.7. The van der Waals surface area contributed by atoms with Crippen molar-refractivity contribution in [2.24, 2.45) is 0 Å². The van der Waals surface area contributed by atoms with Gasteiger partial charge in [-0.3, -0.25) is 0 Å². The molecule has 0 aliphatic heterocycles. The van der Waals surface area contributed by atoms with Gasteiger partial charge in [0.15, 0.2) is 16.5 Å². The van der Waals surface area contributed by atoms with Gasteiger partial charge in [-0.05, 0) is 18.6 Å². The first-order chi connectivity index (χ1) is 13.0. The minimum Gasteiger partial charge on any atom is -0.505 e. The molecular weight excluding hydrogens is 366 g/mol. The number of benzene rings is 2. The number of esters is 1. The molecule has 0 amide bonds. The summed E-state index contributed by atoms with van der Waals surface area (Å²) < 4.78 is 31.3. The van der Waals surface area contributed by atoms with Crippen LogP contribution in [0, 0.1) is 0 Å². The first kappa shape index (κ1) is 18.8. The summed E-state index contributed by atoms with van der Waals surface area (Å²) in [6.07, 6.45) is 1.49. The molecule has 0 aliphatic carbocycles. The highest BCUT2D eigenvalue weighted by atomic mass is 32.2. The van der Waals surface area contributed by atoms with Crippen molar-refractivity contribution < 1.29 is 23.1 Å². The van der Waals surface area contributed by atoms with E-state index in [1.807, 2.05) is 6.92 Å². The second-order valence-electron chi connectivity index (χ2n) is 5.97. The average Bonchev–Trinajstić information content (AvgIpc) is 2.69. The molecule has 0 aliphatic rings. The first-order valence-electron chi connectivity index (χ1n) is 8.55. The third-order valence-corrected chi connectivity index (χ3v) is 5.80. The number of fused-ring (bicyclic) bond motifs is 1. The van der Waals surface area contributed by atoms with Crippen molar-refractivity contribution in [1.82, 2.24) is 4.98 Å². The van der Waals surface area contributed by atoms with Crippen molar-refractivity contribution in [3.63, 3.8) is 0 Å². The largest absolute Gasteiger partial charge is 0.505 e. The molecule has 1 heterocycles. The van der Waals surface area contributed by atoms with Crippen LogP contribution in [-0.2, 0) is 14.6 Å². The molecule has 27 heavy (non-hydrogen) atoms. The van der Waals surface area contributed by atoms with E-state index in [1.165, 1.54) is 12.1 Å². The molecule has 2 aromatic carbocycles. The van der Waals surface area contributed by atoms with Gasteiger partial charge in [0.2, 0.25) is 9.84 Å². The number of pyridine rings is 1. The van der Waals surface area contributed by atoms with Crippen LogP contribution in [0.3, 0.4) is 0 Å². The maximum absolute atomic E-state index is 13.1. The number of unbranched alkanes of at least 4 members (excludes halogenated alkanes) is 1. The van der Waals surface area contributed by atoms with Crippen LogP contribution in [0.15, 0.2) is 64.5 Å². The SMILES string of the molecule is CCCCOC(=O)c1nc(S(=O)(=O)c2ccccc2)c2ccccc2c1O. The second kappa shape index (κ2) is 7.75. The normalized spacial score (nSPS) is 11.4. The Balaban J connectivity index is 2.21. The lowest BCUT2D eigenvalue weighted by Gasteiger charge is -2.12. The van der Waals surface area contributed by atoms with E-state index in [1.54, 1.807) is 42.5 Å². The molecule has 1 N–H and O–H groups in total. The van der Waals surface area contributed by atoms with Gasteiger partial charge in [-0.25, -0.2) is 18.2 Å². The molecule has 7 heteroatoms. The summed E-state index contributed by atoms with van der Waals surface area (Å²) in [4.78, 5) is 16.4. The fraction of sp³-hybridized carbons (Fsp3) is 0.200. The highest BCUT2D eigenvalue weighted by Gasteiger charge is 2.27. The van der Waals surface area contributed by atoms with Gasteiger partial charge in [0, 0.05) is 10.8 Å². The van der Waals surface area contributed by atoms with Crippen LogP contribution >= 0.6 is 0 Å². The summed E-state index contributed by atoms with van der Waals surface area (Å²) >= 11 is 0. The number of ether oxygens (including phenoxy) is 1. The lowest BCUT2D eigenvalue weighted by Crippen LogP contribution is -2.13. The number of carbonyl (C=O) groups is 1. The summed E-state index contributed by atoms with van der Waals surface area (Å²) in [7, 11) is -3.99. The minimum atomic E-state index is -3.99. The van der Waals surface area contributed by atoms with Crippen LogP contribution < -0.4 is 0 Å². The van der Waals surface area contributed by atoms with Crippen LogP contribution in [0.2, 0.25) is 0 Å². The van der Waals surface area contributed by atoms with E-state index in [-0.39, 0.29) is 33.1 Å². The van der Waals surface area contributed by atoms with Gasteiger partial charge in [0.1, 0.15) is 0 Å². The van der Waals surface area contributed by atoms with E-state index in [0.717, 1.165) is 6.42 Å². The fourth-order valence-corrected chi connectivity index (χ4v) is 4.07. The lowest BCUT2D eigenvalue weighted by molar-refractivity contribution is 0.0489. The predicted octanol–water partition coefficient (Wildman–Crippen LogP) is 3.73. The maximum atomic E-state index is 13.1. The van der Waals surface area contributed by atoms with E-state index < -0.39 is 21.5 Å². The van der Waals surface area contributed by atoms with Crippen molar-refractivity contribution >= 4 is 26.6 Å². The van der Waals surface area contributed by atoms with E-state index >= 15 is 0 Å². The Bertz CT molecular complexity index is 1080. The quantitative estimate of drug-likeness (QED) is 0.513. The standard InChI is InChI=1S/C20H19NO5S/c1-2-3-13-26-20(23)17-18(22)15-11-7-8-12-16(15)19(21-17)27(24,25)14-9-5-4-6-10-14/h4-12,22H,2-3,13H2,1H3. The minimum absolute atomic E-state index is 0.0543. The maximum Gasteiger partial charge on any atom is 0.360 e. The number of carbonyl (C=O) groups excluding carboxylic acids is 1. The Kier molecular flexibility index (Phi) is 5.41. The summed E-state index contributed by atoms with van der Waals surface area (Å²) in [5.41, 5.74) is -0.403.